The number of nitrogens with one attached hydrogen (secondary N) is 2. The maximum atomic E-state index is 11.8. The van der Waals surface area contributed by atoms with E-state index in [0.717, 1.165) is 31.0 Å². The first-order valence-corrected chi connectivity index (χ1v) is 7.01. The second-order valence-corrected chi connectivity index (χ2v) is 5.47. The summed E-state index contributed by atoms with van der Waals surface area (Å²) in [4.78, 5) is 11.8. The van der Waals surface area contributed by atoms with E-state index in [1.54, 1.807) is 0 Å². The SMILES string of the molecule is O=C(NC1CC[C@H]2CNC[C@@H]12)OCc1ccccc1. The lowest BCUT2D eigenvalue weighted by Crippen LogP contribution is -2.39. The lowest BCUT2D eigenvalue weighted by molar-refractivity contribution is 0.133. The van der Waals surface area contributed by atoms with E-state index in [0.29, 0.717) is 12.5 Å². The largest absolute Gasteiger partial charge is 0.445 e. The average molecular weight is 260 g/mol. The van der Waals surface area contributed by atoms with Gasteiger partial charge in [-0.05, 0) is 36.8 Å². The Morgan fingerprint density at radius 1 is 1.26 bits per heavy atom. The molecule has 0 bridgehead atoms. The third-order valence-corrected chi connectivity index (χ3v) is 4.27. The fourth-order valence-electron chi connectivity index (χ4n) is 3.24. The molecule has 2 fully saturated rings. The Balaban J connectivity index is 1.46. The van der Waals surface area contributed by atoms with Crippen molar-refractivity contribution >= 4 is 6.09 Å². The van der Waals surface area contributed by atoms with Crippen molar-refractivity contribution in [2.24, 2.45) is 11.8 Å². The number of alkyl carbamates (subject to hydrolysis) is 1. The molecule has 1 saturated heterocycles. The molecule has 3 atom stereocenters. The summed E-state index contributed by atoms with van der Waals surface area (Å²) < 4.78 is 5.27. The topological polar surface area (TPSA) is 50.4 Å². The van der Waals surface area contributed by atoms with Crippen LogP contribution in [0.2, 0.25) is 0 Å². The first-order chi connectivity index (χ1) is 9.33. The van der Waals surface area contributed by atoms with Crippen molar-refractivity contribution in [1.82, 2.24) is 10.6 Å². The Kier molecular flexibility index (Phi) is 3.69. The van der Waals surface area contributed by atoms with Crippen LogP contribution in [0.25, 0.3) is 0 Å². The van der Waals surface area contributed by atoms with Gasteiger partial charge in [0.1, 0.15) is 6.61 Å². The van der Waals surface area contributed by atoms with Crippen LogP contribution in [0.4, 0.5) is 4.79 Å². The fraction of sp³-hybridized carbons (Fsp3) is 0.533. The van der Waals surface area contributed by atoms with Crippen molar-refractivity contribution in [1.29, 1.82) is 0 Å². The number of carbonyl (C=O) groups is 1. The lowest BCUT2D eigenvalue weighted by atomic mass is 9.98. The molecule has 0 aromatic heterocycles. The highest BCUT2D eigenvalue weighted by Gasteiger charge is 2.39. The molecule has 1 heterocycles. The Labute approximate surface area is 113 Å². The second-order valence-electron chi connectivity index (χ2n) is 5.47. The van der Waals surface area contributed by atoms with Crippen LogP contribution in [0.15, 0.2) is 30.3 Å². The quantitative estimate of drug-likeness (QED) is 0.873. The van der Waals surface area contributed by atoms with Gasteiger partial charge in [-0.1, -0.05) is 30.3 Å². The van der Waals surface area contributed by atoms with Gasteiger partial charge in [-0.25, -0.2) is 4.79 Å². The highest BCUT2D eigenvalue weighted by atomic mass is 16.5. The van der Waals surface area contributed by atoms with E-state index >= 15 is 0 Å². The molecule has 102 valence electrons. The van der Waals surface area contributed by atoms with Gasteiger partial charge in [-0.2, -0.15) is 0 Å². The number of rotatable bonds is 3. The Bertz CT molecular complexity index is 435. The van der Waals surface area contributed by atoms with Crippen LogP contribution in [0.5, 0.6) is 0 Å². The molecule has 0 spiro atoms. The standard InChI is InChI=1S/C15H20N2O2/c18-15(19-10-11-4-2-1-3-5-11)17-14-7-6-12-8-16-9-13(12)14/h1-5,12-14,16H,6-10H2,(H,17,18)/t12-,13+,14?/m0/s1. The molecule has 19 heavy (non-hydrogen) atoms. The zero-order valence-corrected chi connectivity index (χ0v) is 11.0. The highest BCUT2D eigenvalue weighted by molar-refractivity contribution is 5.67. The van der Waals surface area contributed by atoms with Gasteiger partial charge in [0.25, 0.3) is 0 Å². The van der Waals surface area contributed by atoms with E-state index < -0.39 is 0 Å². The first kappa shape index (κ1) is 12.5. The van der Waals surface area contributed by atoms with E-state index in [1.165, 1.54) is 6.42 Å². The molecule has 3 rings (SSSR count). The number of amides is 1. The Morgan fingerprint density at radius 3 is 2.95 bits per heavy atom. The molecule has 0 radical (unpaired) electrons. The highest BCUT2D eigenvalue weighted by Crippen LogP contribution is 2.34. The molecule has 1 aromatic carbocycles. The minimum atomic E-state index is -0.290. The molecule has 1 aliphatic heterocycles. The van der Waals surface area contributed by atoms with Crippen molar-refractivity contribution in [3.05, 3.63) is 35.9 Å². The minimum absolute atomic E-state index is 0.281. The predicted molar refractivity (Wildman–Crippen MR) is 72.6 cm³/mol. The summed E-state index contributed by atoms with van der Waals surface area (Å²) in [5.74, 6) is 1.32. The fourth-order valence-corrected chi connectivity index (χ4v) is 3.24. The van der Waals surface area contributed by atoms with E-state index in [-0.39, 0.29) is 12.1 Å². The van der Waals surface area contributed by atoms with Crippen LogP contribution >= 0.6 is 0 Å². The van der Waals surface area contributed by atoms with E-state index in [9.17, 15) is 4.79 Å². The molecule has 1 aromatic rings. The van der Waals surface area contributed by atoms with E-state index in [1.807, 2.05) is 30.3 Å². The van der Waals surface area contributed by atoms with Crippen molar-refractivity contribution in [3.8, 4) is 0 Å². The summed E-state index contributed by atoms with van der Waals surface area (Å²) in [6.45, 7) is 2.46. The molecule has 1 unspecified atom stereocenters. The van der Waals surface area contributed by atoms with Gasteiger partial charge >= 0.3 is 6.09 Å². The molecular weight excluding hydrogens is 240 g/mol. The van der Waals surface area contributed by atoms with Crippen LogP contribution in [0.1, 0.15) is 18.4 Å². The van der Waals surface area contributed by atoms with Crippen LogP contribution in [-0.4, -0.2) is 25.2 Å². The summed E-state index contributed by atoms with van der Waals surface area (Å²) in [6, 6.07) is 10.0. The summed E-state index contributed by atoms with van der Waals surface area (Å²) in [6.07, 6.45) is 2.00. The predicted octanol–water partition coefficient (Wildman–Crippen LogP) is 1.91. The Morgan fingerprint density at radius 2 is 2.11 bits per heavy atom. The smallest absolute Gasteiger partial charge is 0.407 e. The molecule has 2 N–H and O–H groups in total. The molecule has 2 aliphatic rings. The van der Waals surface area contributed by atoms with Gasteiger partial charge in [0.05, 0.1) is 0 Å². The normalized spacial score (nSPS) is 28.9. The van der Waals surface area contributed by atoms with Gasteiger partial charge in [-0.3, -0.25) is 0 Å². The van der Waals surface area contributed by atoms with Gasteiger partial charge in [0, 0.05) is 12.6 Å². The molecular formula is C15H20N2O2. The van der Waals surface area contributed by atoms with Crippen LogP contribution < -0.4 is 10.6 Å². The third-order valence-electron chi connectivity index (χ3n) is 4.27. The van der Waals surface area contributed by atoms with E-state index in [4.69, 9.17) is 4.74 Å². The monoisotopic (exact) mass is 260 g/mol. The summed E-state index contributed by atoms with van der Waals surface area (Å²) >= 11 is 0. The molecule has 1 amide bonds. The van der Waals surface area contributed by atoms with Crippen LogP contribution in [-0.2, 0) is 11.3 Å². The zero-order chi connectivity index (χ0) is 13.1. The maximum Gasteiger partial charge on any atom is 0.407 e. The van der Waals surface area contributed by atoms with Crippen LogP contribution in [0.3, 0.4) is 0 Å². The number of fused-ring (bicyclic) bond motifs is 1. The van der Waals surface area contributed by atoms with Gasteiger partial charge in [-0.15, -0.1) is 0 Å². The number of ether oxygens (including phenoxy) is 1. The number of hydrogen-bond donors (Lipinski definition) is 2. The van der Waals surface area contributed by atoms with Gasteiger partial charge in [0.15, 0.2) is 0 Å². The second kappa shape index (κ2) is 5.61. The van der Waals surface area contributed by atoms with Crippen molar-refractivity contribution in [2.75, 3.05) is 13.1 Å². The minimum Gasteiger partial charge on any atom is -0.445 e. The average Bonchev–Trinajstić information content (AvgIpc) is 3.03. The molecule has 4 heteroatoms. The number of hydrogen-bond acceptors (Lipinski definition) is 3. The van der Waals surface area contributed by atoms with Crippen molar-refractivity contribution in [2.45, 2.75) is 25.5 Å². The lowest BCUT2D eigenvalue weighted by Gasteiger charge is -2.19. The summed E-state index contributed by atoms with van der Waals surface area (Å²) in [7, 11) is 0. The zero-order valence-electron chi connectivity index (χ0n) is 11.0. The third kappa shape index (κ3) is 2.89. The van der Waals surface area contributed by atoms with Gasteiger partial charge in [0.2, 0.25) is 0 Å². The summed E-state index contributed by atoms with van der Waals surface area (Å²) in [5, 5.41) is 6.41. The summed E-state index contributed by atoms with van der Waals surface area (Å²) in [5.41, 5.74) is 1.02. The molecule has 4 nitrogen and oxygen atoms in total. The van der Waals surface area contributed by atoms with Crippen molar-refractivity contribution < 1.29 is 9.53 Å². The first-order valence-electron chi connectivity index (χ1n) is 7.01. The van der Waals surface area contributed by atoms with Gasteiger partial charge < -0.3 is 15.4 Å². The maximum absolute atomic E-state index is 11.8. The number of carbonyl (C=O) groups excluding carboxylic acids is 1. The Hall–Kier alpha value is -1.55. The number of benzene rings is 1. The molecule has 1 aliphatic carbocycles. The molecule has 1 saturated carbocycles. The van der Waals surface area contributed by atoms with Crippen LogP contribution in [0, 0.1) is 11.8 Å². The van der Waals surface area contributed by atoms with Crippen molar-refractivity contribution in [3.63, 3.8) is 0 Å². The van der Waals surface area contributed by atoms with E-state index in [2.05, 4.69) is 10.6 Å².